The lowest BCUT2D eigenvalue weighted by molar-refractivity contribution is 0.412. The van der Waals surface area contributed by atoms with Gasteiger partial charge >= 0.3 is 0 Å². The second-order valence-electron chi connectivity index (χ2n) is 3.39. The molecular weight excluding hydrogens is 286 g/mol. The maximum Gasteiger partial charge on any atom is 0.133 e. The molecule has 2 N–H and O–H groups in total. The summed E-state index contributed by atoms with van der Waals surface area (Å²) < 4.78 is 6.12. The van der Waals surface area contributed by atoms with Gasteiger partial charge in [-0.3, -0.25) is 0 Å². The van der Waals surface area contributed by atoms with Gasteiger partial charge in [-0.15, -0.1) is 11.3 Å². The Bertz CT molecular complexity index is 470. The summed E-state index contributed by atoms with van der Waals surface area (Å²) in [5.41, 5.74) is 7.25. The minimum atomic E-state index is -0.0674. The summed E-state index contributed by atoms with van der Waals surface area (Å²) in [5, 5.41) is 2.04. The molecule has 0 spiro atoms. The highest BCUT2D eigenvalue weighted by Crippen LogP contribution is 2.30. The van der Waals surface area contributed by atoms with Crippen molar-refractivity contribution in [2.24, 2.45) is 5.73 Å². The second-order valence-corrected chi connectivity index (χ2v) is 5.22. The van der Waals surface area contributed by atoms with Crippen LogP contribution in [-0.2, 0) is 0 Å². The van der Waals surface area contributed by atoms with Gasteiger partial charge in [0.25, 0.3) is 0 Å². The van der Waals surface area contributed by atoms with E-state index in [1.165, 1.54) is 0 Å². The van der Waals surface area contributed by atoms with Crippen LogP contribution in [0.25, 0.3) is 0 Å². The van der Waals surface area contributed by atoms with Crippen LogP contribution in [0.2, 0.25) is 0 Å². The van der Waals surface area contributed by atoms with Gasteiger partial charge in [0, 0.05) is 4.88 Å². The average Bonchev–Trinajstić information content (AvgIpc) is 2.81. The third kappa shape index (κ3) is 2.29. The molecule has 0 aliphatic heterocycles. The first kappa shape index (κ1) is 11.6. The van der Waals surface area contributed by atoms with Crippen molar-refractivity contribution in [1.82, 2.24) is 0 Å². The molecule has 84 valence electrons. The fraction of sp³-hybridized carbons (Fsp3) is 0.167. The van der Waals surface area contributed by atoms with Crippen LogP contribution < -0.4 is 10.5 Å². The monoisotopic (exact) mass is 297 g/mol. The number of thiophene rings is 1. The van der Waals surface area contributed by atoms with Crippen LogP contribution in [0.1, 0.15) is 16.5 Å². The third-order valence-electron chi connectivity index (χ3n) is 2.38. The molecule has 1 atom stereocenters. The first-order valence-corrected chi connectivity index (χ1v) is 6.52. The minimum Gasteiger partial charge on any atom is -0.496 e. The number of hydrogen-bond acceptors (Lipinski definition) is 3. The van der Waals surface area contributed by atoms with E-state index in [9.17, 15) is 0 Å². The average molecular weight is 298 g/mol. The molecule has 1 aromatic carbocycles. The quantitative estimate of drug-likeness (QED) is 0.940. The number of benzene rings is 1. The fourth-order valence-electron chi connectivity index (χ4n) is 1.51. The van der Waals surface area contributed by atoms with E-state index in [4.69, 9.17) is 10.5 Å². The van der Waals surface area contributed by atoms with Gasteiger partial charge in [0.15, 0.2) is 0 Å². The zero-order valence-electron chi connectivity index (χ0n) is 8.81. The van der Waals surface area contributed by atoms with Crippen LogP contribution in [0.3, 0.4) is 0 Å². The summed E-state index contributed by atoms with van der Waals surface area (Å²) >= 11 is 5.13. The number of halogens is 1. The van der Waals surface area contributed by atoms with Gasteiger partial charge in [0.1, 0.15) is 5.75 Å². The highest BCUT2D eigenvalue weighted by atomic mass is 79.9. The van der Waals surface area contributed by atoms with E-state index >= 15 is 0 Å². The van der Waals surface area contributed by atoms with Crippen LogP contribution in [-0.4, -0.2) is 7.11 Å². The first-order valence-electron chi connectivity index (χ1n) is 4.85. The van der Waals surface area contributed by atoms with E-state index < -0.39 is 0 Å². The van der Waals surface area contributed by atoms with Gasteiger partial charge in [-0.2, -0.15) is 0 Å². The SMILES string of the molecule is COc1ccc([C@H](N)c2cccs2)cc1Br. The minimum absolute atomic E-state index is 0.0674. The molecule has 16 heavy (non-hydrogen) atoms. The van der Waals surface area contributed by atoms with E-state index in [1.807, 2.05) is 35.7 Å². The number of methoxy groups -OCH3 is 1. The standard InChI is InChI=1S/C12H12BrNOS/c1-15-10-5-4-8(7-9(10)13)12(14)11-3-2-6-16-11/h2-7,12H,14H2,1H3/t12-/m0/s1. The van der Waals surface area contributed by atoms with Crippen LogP contribution in [0.5, 0.6) is 5.75 Å². The largest absolute Gasteiger partial charge is 0.496 e. The molecule has 2 rings (SSSR count). The lowest BCUT2D eigenvalue weighted by atomic mass is 10.1. The van der Waals surface area contributed by atoms with Crippen molar-refractivity contribution in [3.63, 3.8) is 0 Å². The Morgan fingerprint density at radius 3 is 2.75 bits per heavy atom. The van der Waals surface area contributed by atoms with E-state index in [0.29, 0.717) is 0 Å². The Labute approximate surface area is 107 Å². The van der Waals surface area contributed by atoms with Crippen LogP contribution in [0, 0.1) is 0 Å². The first-order chi connectivity index (χ1) is 7.72. The molecular formula is C12H12BrNOS. The molecule has 1 aromatic heterocycles. The van der Waals surface area contributed by atoms with Gasteiger partial charge in [-0.1, -0.05) is 12.1 Å². The normalized spacial score (nSPS) is 12.4. The lowest BCUT2D eigenvalue weighted by Crippen LogP contribution is -2.10. The zero-order valence-corrected chi connectivity index (χ0v) is 11.2. The van der Waals surface area contributed by atoms with Crippen molar-refractivity contribution in [3.8, 4) is 5.75 Å². The van der Waals surface area contributed by atoms with E-state index in [-0.39, 0.29) is 6.04 Å². The van der Waals surface area contributed by atoms with Crippen LogP contribution in [0.4, 0.5) is 0 Å². The fourth-order valence-corrected chi connectivity index (χ4v) is 2.82. The van der Waals surface area contributed by atoms with E-state index in [0.717, 1.165) is 20.7 Å². The number of ether oxygens (including phenoxy) is 1. The summed E-state index contributed by atoms with van der Waals surface area (Å²) in [7, 11) is 1.65. The molecule has 0 saturated carbocycles. The van der Waals surface area contributed by atoms with E-state index in [2.05, 4.69) is 15.9 Å². The Morgan fingerprint density at radius 1 is 1.38 bits per heavy atom. The number of nitrogens with two attached hydrogens (primary N) is 1. The molecule has 0 unspecified atom stereocenters. The Morgan fingerprint density at radius 2 is 2.19 bits per heavy atom. The molecule has 0 saturated heterocycles. The van der Waals surface area contributed by atoms with E-state index in [1.54, 1.807) is 18.4 Å². The molecule has 0 aliphatic carbocycles. The summed E-state index contributed by atoms with van der Waals surface area (Å²) in [6.45, 7) is 0. The van der Waals surface area contributed by atoms with Crippen LogP contribution in [0.15, 0.2) is 40.2 Å². The van der Waals surface area contributed by atoms with Crippen molar-refractivity contribution in [2.75, 3.05) is 7.11 Å². The molecule has 1 heterocycles. The molecule has 0 aliphatic rings. The number of rotatable bonds is 3. The molecule has 0 bridgehead atoms. The van der Waals surface area contributed by atoms with Crippen molar-refractivity contribution >= 4 is 27.3 Å². The molecule has 0 fully saturated rings. The third-order valence-corrected chi connectivity index (χ3v) is 3.96. The second kappa shape index (κ2) is 4.99. The topological polar surface area (TPSA) is 35.2 Å². The Hall–Kier alpha value is -0.840. The Balaban J connectivity index is 2.31. The smallest absolute Gasteiger partial charge is 0.133 e. The Kier molecular flexibility index (Phi) is 3.63. The summed E-state index contributed by atoms with van der Waals surface area (Å²) in [5.74, 6) is 0.821. The maximum atomic E-state index is 6.17. The van der Waals surface area contributed by atoms with Gasteiger partial charge in [-0.25, -0.2) is 0 Å². The maximum absolute atomic E-state index is 6.17. The van der Waals surface area contributed by atoms with Gasteiger partial charge < -0.3 is 10.5 Å². The van der Waals surface area contributed by atoms with Crippen molar-refractivity contribution in [2.45, 2.75) is 6.04 Å². The summed E-state index contributed by atoms with van der Waals surface area (Å²) in [6.07, 6.45) is 0. The molecule has 2 nitrogen and oxygen atoms in total. The van der Waals surface area contributed by atoms with Crippen molar-refractivity contribution < 1.29 is 4.74 Å². The highest BCUT2D eigenvalue weighted by molar-refractivity contribution is 9.10. The van der Waals surface area contributed by atoms with Gasteiger partial charge in [0.2, 0.25) is 0 Å². The summed E-state index contributed by atoms with van der Waals surface area (Å²) in [6, 6.07) is 9.91. The predicted octanol–water partition coefficient (Wildman–Crippen LogP) is 3.57. The molecule has 0 amide bonds. The van der Waals surface area contributed by atoms with Gasteiger partial charge in [0.05, 0.1) is 17.6 Å². The lowest BCUT2D eigenvalue weighted by Gasteiger charge is -2.12. The molecule has 0 radical (unpaired) electrons. The molecule has 2 aromatic rings. The van der Waals surface area contributed by atoms with Crippen LogP contribution >= 0.6 is 27.3 Å². The summed E-state index contributed by atoms with van der Waals surface area (Å²) in [4.78, 5) is 1.16. The zero-order chi connectivity index (χ0) is 11.5. The molecule has 4 heteroatoms. The van der Waals surface area contributed by atoms with Gasteiger partial charge in [-0.05, 0) is 45.1 Å². The highest BCUT2D eigenvalue weighted by Gasteiger charge is 2.11. The predicted molar refractivity (Wildman–Crippen MR) is 71.0 cm³/mol. The van der Waals surface area contributed by atoms with Crippen molar-refractivity contribution in [1.29, 1.82) is 0 Å². The van der Waals surface area contributed by atoms with Crippen molar-refractivity contribution in [3.05, 3.63) is 50.6 Å². The number of hydrogen-bond donors (Lipinski definition) is 1.